The second kappa shape index (κ2) is 5.73. The lowest BCUT2D eigenvalue weighted by molar-refractivity contribution is -0.443. The summed E-state index contributed by atoms with van der Waals surface area (Å²) in [6, 6.07) is 6.44. The first kappa shape index (κ1) is 14.7. The first-order valence-electron chi connectivity index (χ1n) is 6.58. The largest absolute Gasteiger partial charge is 0.394 e. The Morgan fingerprint density at radius 1 is 1.32 bits per heavy atom. The minimum absolute atomic E-state index is 0.0517. The summed E-state index contributed by atoms with van der Waals surface area (Å²) in [5.41, 5.74) is 4.00. The topological polar surface area (TPSA) is 32.5 Å². The molecule has 1 heterocycles. The summed E-state index contributed by atoms with van der Waals surface area (Å²) in [4.78, 5) is 0. The fraction of sp³-hybridized carbons (Fsp3) is 0.533. The molecular formula is C15H21BrNO2+. The van der Waals surface area contributed by atoms with Crippen molar-refractivity contribution >= 4 is 27.3 Å². The van der Waals surface area contributed by atoms with Crippen molar-refractivity contribution in [1.82, 2.24) is 0 Å². The molecule has 1 aliphatic rings. The minimum atomic E-state index is 0.0517. The van der Waals surface area contributed by atoms with E-state index in [9.17, 15) is 0 Å². The Labute approximate surface area is 123 Å². The molecule has 104 valence electrons. The van der Waals surface area contributed by atoms with Crippen molar-refractivity contribution in [3.63, 3.8) is 0 Å². The fourth-order valence-electron chi connectivity index (χ4n) is 2.57. The zero-order chi connectivity index (χ0) is 14.0. The molecule has 1 N–H and O–H groups in total. The van der Waals surface area contributed by atoms with Gasteiger partial charge in [0.25, 0.3) is 0 Å². The molecule has 0 fully saturated rings. The van der Waals surface area contributed by atoms with Crippen LogP contribution in [0.4, 0.5) is 5.69 Å². The highest BCUT2D eigenvalue weighted by atomic mass is 79.9. The third kappa shape index (κ3) is 2.76. The van der Waals surface area contributed by atoms with Crippen LogP contribution in [0.15, 0.2) is 22.7 Å². The van der Waals surface area contributed by atoms with Crippen molar-refractivity contribution in [3.8, 4) is 0 Å². The Morgan fingerprint density at radius 2 is 2.05 bits per heavy atom. The molecule has 0 atom stereocenters. The quantitative estimate of drug-likeness (QED) is 0.666. The molecular weight excluding hydrogens is 306 g/mol. The lowest BCUT2D eigenvalue weighted by Crippen LogP contribution is -2.27. The number of ether oxygens (including phenoxy) is 1. The smallest absolute Gasteiger partial charge is 0.209 e. The van der Waals surface area contributed by atoms with Crippen molar-refractivity contribution < 1.29 is 14.4 Å². The van der Waals surface area contributed by atoms with Crippen molar-refractivity contribution in [2.45, 2.75) is 26.2 Å². The van der Waals surface area contributed by atoms with Gasteiger partial charge in [-0.25, -0.2) is 0 Å². The van der Waals surface area contributed by atoms with Crippen LogP contribution in [0, 0.1) is 0 Å². The normalized spacial score (nSPS) is 16.9. The SMILES string of the molecule is CC1=[N+](CCOCCO)c2ccc(Br)cc2C1(C)C. The van der Waals surface area contributed by atoms with E-state index in [1.165, 1.54) is 17.0 Å². The van der Waals surface area contributed by atoms with Crippen LogP contribution >= 0.6 is 15.9 Å². The predicted octanol–water partition coefficient (Wildman–Crippen LogP) is 2.85. The molecule has 3 nitrogen and oxygen atoms in total. The first-order chi connectivity index (χ1) is 8.98. The van der Waals surface area contributed by atoms with Gasteiger partial charge >= 0.3 is 0 Å². The van der Waals surface area contributed by atoms with E-state index in [1.807, 2.05) is 0 Å². The molecule has 19 heavy (non-hydrogen) atoms. The molecule has 1 aromatic rings. The monoisotopic (exact) mass is 326 g/mol. The number of nitrogens with zero attached hydrogens (tertiary/aromatic N) is 1. The molecule has 0 saturated carbocycles. The number of fused-ring (bicyclic) bond motifs is 1. The average Bonchev–Trinajstić information content (AvgIpc) is 2.55. The zero-order valence-electron chi connectivity index (χ0n) is 11.7. The Hall–Kier alpha value is -0.710. The zero-order valence-corrected chi connectivity index (χ0v) is 13.3. The third-order valence-corrected chi connectivity index (χ3v) is 4.42. The van der Waals surface area contributed by atoms with Gasteiger partial charge in [0.05, 0.1) is 18.6 Å². The first-order valence-corrected chi connectivity index (χ1v) is 7.38. The highest BCUT2D eigenvalue weighted by Gasteiger charge is 2.42. The molecule has 1 aliphatic heterocycles. The Bertz CT molecular complexity index is 509. The van der Waals surface area contributed by atoms with Crippen LogP contribution in [-0.2, 0) is 10.2 Å². The number of aliphatic hydroxyl groups excluding tert-OH is 1. The third-order valence-electron chi connectivity index (χ3n) is 3.93. The maximum absolute atomic E-state index is 8.73. The van der Waals surface area contributed by atoms with Gasteiger partial charge in [0.1, 0.15) is 6.61 Å². The highest BCUT2D eigenvalue weighted by molar-refractivity contribution is 9.10. The maximum Gasteiger partial charge on any atom is 0.209 e. The molecule has 4 heteroatoms. The predicted molar refractivity (Wildman–Crippen MR) is 80.5 cm³/mol. The van der Waals surface area contributed by atoms with Crippen LogP contribution in [-0.4, -0.2) is 41.8 Å². The van der Waals surface area contributed by atoms with Gasteiger partial charge in [0, 0.05) is 23.0 Å². The number of hydrogen-bond donors (Lipinski definition) is 1. The van der Waals surface area contributed by atoms with Gasteiger partial charge in [-0.2, -0.15) is 4.58 Å². The minimum Gasteiger partial charge on any atom is -0.394 e. The van der Waals surface area contributed by atoms with Crippen LogP contribution in [0.25, 0.3) is 0 Å². The molecule has 0 aromatic heterocycles. The molecule has 0 unspecified atom stereocenters. The van der Waals surface area contributed by atoms with Crippen molar-refractivity contribution in [2.75, 3.05) is 26.4 Å². The molecule has 1 aromatic carbocycles. The molecule has 0 amide bonds. The molecule has 0 spiro atoms. The number of aliphatic hydroxyl groups is 1. The number of benzene rings is 1. The van der Waals surface area contributed by atoms with Crippen molar-refractivity contribution in [1.29, 1.82) is 0 Å². The maximum atomic E-state index is 8.73. The van der Waals surface area contributed by atoms with E-state index in [4.69, 9.17) is 9.84 Å². The Morgan fingerprint density at radius 3 is 2.74 bits per heavy atom. The second-order valence-electron chi connectivity index (χ2n) is 5.36. The lowest BCUT2D eigenvalue weighted by Gasteiger charge is -2.14. The number of hydrogen-bond acceptors (Lipinski definition) is 2. The van der Waals surface area contributed by atoms with E-state index >= 15 is 0 Å². The molecule has 0 bridgehead atoms. The van der Waals surface area contributed by atoms with Crippen LogP contribution in [0.1, 0.15) is 26.3 Å². The average molecular weight is 327 g/mol. The van der Waals surface area contributed by atoms with Crippen molar-refractivity contribution in [3.05, 3.63) is 28.2 Å². The second-order valence-corrected chi connectivity index (χ2v) is 6.28. The van der Waals surface area contributed by atoms with Gasteiger partial charge in [-0.15, -0.1) is 0 Å². The summed E-state index contributed by atoms with van der Waals surface area (Å²) in [5, 5.41) is 8.73. The van der Waals surface area contributed by atoms with Crippen LogP contribution < -0.4 is 0 Å². The van der Waals surface area contributed by atoms with Crippen LogP contribution in [0.5, 0.6) is 0 Å². The standard InChI is InChI=1S/C15H21BrNO2/c1-11-15(2,3)13-10-12(16)4-5-14(13)17(11)6-8-19-9-7-18/h4-5,10,18H,6-9H2,1-3H3/q+1. The molecule has 0 radical (unpaired) electrons. The van der Waals surface area contributed by atoms with E-state index in [2.05, 4.69) is 59.5 Å². The van der Waals surface area contributed by atoms with Gasteiger partial charge in [-0.05, 0) is 26.0 Å². The van der Waals surface area contributed by atoms with E-state index in [1.54, 1.807) is 0 Å². The molecule has 0 saturated heterocycles. The molecule has 2 rings (SSSR count). The van der Waals surface area contributed by atoms with E-state index in [-0.39, 0.29) is 12.0 Å². The lowest BCUT2D eigenvalue weighted by atomic mass is 9.82. The molecule has 0 aliphatic carbocycles. The summed E-state index contributed by atoms with van der Waals surface area (Å²) < 4.78 is 8.82. The fourth-order valence-corrected chi connectivity index (χ4v) is 2.93. The Kier molecular flexibility index (Phi) is 4.43. The van der Waals surface area contributed by atoms with Crippen LogP contribution in [0.2, 0.25) is 0 Å². The number of rotatable bonds is 5. The Balaban J connectivity index is 2.26. The summed E-state index contributed by atoms with van der Waals surface area (Å²) in [6.45, 7) is 8.62. The van der Waals surface area contributed by atoms with E-state index in [0.29, 0.717) is 13.2 Å². The summed E-state index contributed by atoms with van der Waals surface area (Å²) in [6.07, 6.45) is 0. The number of halogens is 1. The highest BCUT2D eigenvalue weighted by Crippen LogP contribution is 2.40. The summed E-state index contributed by atoms with van der Waals surface area (Å²) in [7, 11) is 0. The van der Waals surface area contributed by atoms with Gasteiger partial charge in [0.15, 0.2) is 12.3 Å². The van der Waals surface area contributed by atoms with E-state index < -0.39 is 0 Å². The van der Waals surface area contributed by atoms with Gasteiger partial charge in [-0.3, -0.25) is 0 Å². The van der Waals surface area contributed by atoms with Gasteiger partial charge in [0.2, 0.25) is 5.69 Å². The summed E-state index contributed by atoms with van der Waals surface area (Å²) >= 11 is 3.55. The van der Waals surface area contributed by atoms with E-state index in [0.717, 1.165) is 11.0 Å². The van der Waals surface area contributed by atoms with Gasteiger partial charge < -0.3 is 9.84 Å². The van der Waals surface area contributed by atoms with Gasteiger partial charge in [-0.1, -0.05) is 15.9 Å². The van der Waals surface area contributed by atoms with Crippen molar-refractivity contribution in [2.24, 2.45) is 0 Å². The summed E-state index contributed by atoms with van der Waals surface area (Å²) in [5.74, 6) is 0. The van der Waals surface area contributed by atoms with Crippen LogP contribution in [0.3, 0.4) is 0 Å².